The second kappa shape index (κ2) is 5.39. The summed E-state index contributed by atoms with van der Waals surface area (Å²) in [6, 6.07) is 4.39. The maximum atomic E-state index is 5.84. The number of nitrogens with zero attached hydrogens (tertiary/aromatic N) is 3. The van der Waals surface area contributed by atoms with Crippen LogP contribution >= 0.6 is 11.6 Å². The van der Waals surface area contributed by atoms with Gasteiger partial charge in [0.1, 0.15) is 5.69 Å². The van der Waals surface area contributed by atoms with Gasteiger partial charge >= 0.3 is 0 Å². The van der Waals surface area contributed by atoms with Crippen LogP contribution in [0, 0.1) is 5.92 Å². The summed E-state index contributed by atoms with van der Waals surface area (Å²) in [5.41, 5.74) is 0.685. The molecule has 1 N–H and O–H groups in total. The molecular formula is C15H17ClN4O. The zero-order valence-electron chi connectivity index (χ0n) is 11.6. The molecule has 3 unspecified atom stereocenters. The number of pyridine rings is 1. The number of rotatable bonds is 2. The van der Waals surface area contributed by atoms with Crippen molar-refractivity contribution in [3.8, 4) is 11.5 Å². The van der Waals surface area contributed by atoms with Gasteiger partial charge in [0.15, 0.2) is 0 Å². The Bertz CT molecular complexity index is 613. The molecule has 6 heteroatoms. The molecule has 0 aromatic carbocycles. The van der Waals surface area contributed by atoms with E-state index in [-0.39, 0.29) is 6.04 Å². The molecule has 21 heavy (non-hydrogen) atoms. The van der Waals surface area contributed by atoms with Gasteiger partial charge < -0.3 is 9.84 Å². The molecule has 110 valence electrons. The van der Waals surface area contributed by atoms with E-state index in [4.69, 9.17) is 16.1 Å². The lowest BCUT2D eigenvalue weighted by atomic mass is 9.85. The van der Waals surface area contributed by atoms with Gasteiger partial charge in [0.05, 0.1) is 11.1 Å². The Morgan fingerprint density at radius 1 is 1.24 bits per heavy atom. The Hall–Kier alpha value is -1.46. The normalized spacial score (nSPS) is 28.5. The average Bonchev–Trinajstić information content (AvgIpc) is 3.14. The number of nitrogens with one attached hydrogen (secondary N) is 1. The lowest BCUT2D eigenvalue weighted by molar-refractivity contribution is 0.324. The van der Waals surface area contributed by atoms with Crippen molar-refractivity contribution in [2.45, 2.75) is 44.2 Å². The lowest BCUT2D eigenvalue weighted by Gasteiger charge is -2.24. The number of hydrogen-bond acceptors (Lipinski definition) is 5. The van der Waals surface area contributed by atoms with E-state index >= 15 is 0 Å². The highest BCUT2D eigenvalue weighted by atomic mass is 35.5. The Morgan fingerprint density at radius 2 is 2.14 bits per heavy atom. The molecular weight excluding hydrogens is 288 g/mol. The van der Waals surface area contributed by atoms with Gasteiger partial charge in [0.25, 0.3) is 0 Å². The van der Waals surface area contributed by atoms with Crippen LogP contribution in [0.1, 0.15) is 44.0 Å². The van der Waals surface area contributed by atoms with Gasteiger partial charge in [-0.2, -0.15) is 4.98 Å². The van der Waals surface area contributed by atoms with Crippen LogP contribution in [0.15, 0.2) is 22.9 Å². The van der Waals surface area contributed by atoms with Crippen LogP contribution in [0.25, 0.3) is 11.5 Å². The van der Waals surface area contributed by atoms with Crippen molar-refractivity contribution in [3.63, 3.8) is 0 Å². The molecule has 5 nitrogen and oxygen atoms in total. The van der Waals surface area contributed by atoms with Crippen molar-refractivity contribution in [3.05, 3.63) is 29.2 Å². The second-order valence-electron chi connectivity index (χ2n) is 5.92. The summed E-state index contributed by atoms with van der Waals surface area (Å²) in [6.45, 7) is 0. The van der Waals surface area contributed by atoms with Crippen LogP contribution in [-0.2, 0) is 0 Å². The highest BCUT2D eigenvalue weighted by Gasteiger charge is 2.38. The molecule has 2 aliphatic rings. The summed E-state index contributed by atoms with van der Waals surface area (Å²) >= 11 is 5.84. The summed E-state index contributed by atoms with van der Waals surface area (Å²) < 4.78 is 5.44. The van der Waals surface area contributed by atoms with Gasteiger partial charge in [-0.05, 0) is 37.3 Å². The molecule has 3 heterocycles. The van der Waals surface area contributed by atoms with Crippen molar-refractivity contribution in [2.75, 3.05) is 0 Å². The number of aromatic nitrogens is 3. The maximum absolute atomic E-state index is 5.84. The fourth-order valence-electron chi connectivity index (χ4n) is 3.50. The van der Waals surface area contributed by atoms with Gasteiger partial charge in [-0.25, -0.2) is 0 Å². The molecule has 0 radical (unpaired) electrons. The molecule has 0 amide bonds. The Labute approximate surface area is 128 Å². The van der Waals surface area contributed by atoms with Crippen LogP contribution < -0.4 is 5.32 Å². The minimum Gasteiger partial charge on any atom is -0.337 e. The van der Waals surface area contributed by atoms with E-state index in [2.05, 4.69) is 20.4 Å². The monoisotopic (exact) mass is 304 g/mol. The van der Waals surface area contributed by atoms with Gasteiger partial charge in [-0.15, -0.1) is 0 Å². The number of hydrogen-bond donors (Lipinski definition) is 1. The first kappa shape index (κ1) is 13.2. The molecule has 1 saturated heterocycles. The fraction of sp³-hybridized carbons (Fsp3) is 0.533. The first-order chi connectivity index (χ1) is 10.3. The van der Waals surface area contributed by atoms with Crippen LogP contribution in [0.2, 0.25) is 5.02 Å². The minimum absolute atomic E-state index is 0.187. The van der Waals surface area contributed by atoms with E-state index in [1.165, 1.54) is 25.7 Å². The molecule has 0 bridgehead atoms. The van der Waals surface area contributed by atoms with Gasteiger partial charge in [0.2, 0.25) is 11.7 Å². The highest BCUT2D eigenvalue weighted by molar-refractivity contribution is 6.30. The second-order valence-corrected chi connectivity index (χ2v) is 6.36. The standard InChI is InChI=1S/C15H17ClN4O/c16-10-5-6-12(17-8-10)14-19-15(21-20-14)13-7-9-3-1-2-4-11(9)18-13/h5-6,8-9,11,13,18H,1-4,7H2. The predicted octanol–water partition coefficient (Wildman–Crippen LogP) is 3.38. The summed E-state index contributed by atoms with van der Waals surface area (Å²) in [5.74, 6) is 1.96. The molecule has 3 atom stereocenters. The Balaban J connectivity index is 1.53. The van der Waals surface area contributed by atoms with E-state index in [1.54, 1.807) is 18.3 Å². The summed E-state index contributed by atoms with van der Waals surface area (Å²) in [4.78, 5) is 8.73. The van der Waals surface area contributed by atoms with E-state index in [0.717, 1.165) is 12.3 Å². The van der Waals surface area contributed by atoms with Crippen LogP contribution in [0.4, 0.5) is 0 Å². The number of halogens is 1. The Kier molecular flexibility index (Phi) is 3.39. The van der Waals surface area contributed by atoms with Crippen LogP contribution in [0.3, 0.4) is 0 Å². The molecule has 4 rings (SSSR count). The first-order valence-electron chi connectivity index (χ1n) is 7.51. The van der Waals surface area contributed by atoms with Gasteiger partial charge in [-0.1, -0.05) is 29.6 Å². The van der Waals surface area contributed by atoms with E-state index in [1.807, 2.05) is 0 Å². The van der Waals surface area contributed by atoms with Crippen molar-refractivity contribution < 1.29 is 4.52 Å². The average molecular weight is 305 g/mol. The summed E-state index contributed by atoms with van der Waals surface area (Å²) in [7, 11) is 0. The quantitative estimate of drug-likeness (QED) is 0.921. The zero-order chi connectivity index (χ0) is 14.2. The topological polar surface area (TPSA) is 63.8 Å². The molecule has 0 spiro atoms. The SMILES string of the molecule is Clc1ccc(-c2noc(C3CC4CCCCC4N3)n2)nc1. The highest BCUT2D eigenvalue weighted by Crippen LogP contribution is 2.38. The fourth-order valence-corrected chi connectivity index (χ4v) is 3.61. The van der Waals surface area contributed by atoms with E-state index in [9.17, 15) is 0 Å². The third-order valence-corrected chi connectivity index (χ3v) is 4.78. The summed E-state index contributed by atoms with van der Waals surface area (Å²) in [6.07, 6.45) is 7.94. The first-order valence-corrected chi connectivity index (χ1v) is 7.89. The molecule has 1 saturated carbocycles. The maximum Gasteiger partial charge on any atom is 0.244 e. The van der Waals surface area contributed by atoms with E-state index < -0.39 is 0 Å². The van der Waals surface area contributed by atoms with E-state index in [0.29, 0.717) is 28.5 Å². The molecule has 1 aliphatic heterocycles. The third kappa shape index (κ3) is 2.56. The smallest absolute Gasteiger partial charge is 0.244 e. The van der Waals surface area contributed by atoms with Gasteiger partial charge in [0, 0.05) is 12.2 Å². The van der Waals surface area contributed by atoms with Crippen LogP contribution in [0.5, 0.6) is 0 Å². The molecule has 1 aliphatic carbocycles. The van der Waals surface area contributed by atoms with Crippen molar-refractivity contribution in [1.82, 2.24) is 20.4 Å². The third-order valence-electron chi connectivity index (χ3n) is 4.56. The largest absolute Gasteiger partial charge is 0.337 e. The van der Waals surface area contributed by atoms with Crippen molar-refractivity contribution in [2.24, 2.45) is 5.92 Å². The lowest BCUT2D eigenvalue weighted by Crippen LogP contribution is -2.30. The minimum atomic E-state index is 0.187. The Morgan fingerprint density at radius 3 is 2.95 bits per heavy atom. The molecule has 2 aromatic heterocycles. The number of fused-ring (bicyclic) bond motifs is 1. The van der Waals surface area contributed by atoms with Crippen molar-refractivity contribution >= 4 is 11.6 Å². The zero-order valence-corrected chi connectivity index (χ0v) is 12.4. The summed E-state index contributed by atoms with van der Waals surface area (Å²) in [5, 5.41) is 8.29. The predicted molar refractivity (Wildman–Crippen MR) is 78.8 cm³/mol. The van der Waals surface area contributed by atoms with Gasteiger partial charge in [-0.3, -0.25) is 4.98 Å². The molecule has 2 aromatic rings. The van der Waals surface area contributed by atoms with Crippen LogP contribution in [-0.4, -0.2) is 21.2 Å². The van der Waals surface area contributed by atoms with Crippen molar-refractivity contribution in [1.29, 1.82) is 0 Å². The molecule has 2 fully saturated rings.